The van der Waals surface area contributed by atoms with Crippen LogP contribution in [-0.4, -0.2) is 9.67 Å². The van der Waals surface area contributed by atoms with E-state index in [4.69, 9.17) is 16.9 Å². The Morgan fingerprint density at radius 3 is 2.61 bits per heavy atom. The Hall–Kier alpha value is -2.25. The normalized spacial score (nSPS) is 10.0. The smallest absolute Gasteiger partial charge is 0.254 e. The van der Waals surface area contributed by atoms with E-state index in [2.05, 4.69) is 0 Å². The summed E-state index contributed by atoms with van der Waals surface area (Å²) < 4.78 is 1.39. The molecule has 1 heterocycles. The molecule has 5 heteroatoms. The third-order valence-corrected chi connectivity index (χ3v) is 2.78. The lowest BCUT2D eigenvalue weighted by Crippen LogP contribution is -2.18. The molecule has 0 amide bonds. The molecule has 0 unspecified atom stereocenters. The van der Waals surface area contributed by atoms with Gasteiger partial charge in [-0.05, 0) is 17.7 Å². The maximum absolute atomic E-state index is 11.6. The van der Waals surface area contributed by atoms with E-state index in [9.17, 15) is 9.90 Å². The molecule has 0 radical (unpaired) electrons. The van der Waals surface area contributed by atoms with Crippen molar-refractivity contribution in [2.45, 2.75) is 6.54 Å². The first-order valence-corrected chi connectivity index (χ1v) is 5.56. The molecular formula is C13H9ClN2O2. The minimum Gasteiger partial charge on any atom is -0.506 e. The highest BCUT2D eigenvalue weighted by Gasteiger charge is 2.04. The van der Waals surface area contributed by atoms with E-state index in [1.807, 2.05) is 6.07 Å². The number of hydrogen-bond acceptors (Lipinski definition) is 3. The number of aromatic hydroxyl groups is 1. The lowest BCUT2D eigenvalue weighted by Gasteiger charge is -2.07. The van der Waals surface area contributed by atoms with Gasteiger partial charge in [0.25, 0.3) is 5.56 Å². The van der Waals surface area contributed by atoms with Crippen LogP contribution in [0.5, 0.6) is 5.75 Å². The van der Waals surface area contributed by atoms with Crippen LogP contribution in [0.3, 0.4) is 0 Å². The molecule has 0 aliphatic carbocycles. The maximum Gasteiger partial charge on any atom is 0.254 e. The van der Waals surface area contributed by atoms with Gasteiger partial charge < -0.3 is 9.67 Å². The SMILES string of the molecule is N#Cc1ccc(Cn2cc(Cl)c(O)cc2=O)cc1. The summed E-state index contributed by atoms with van der Waals surface area (Å²) in [6.45, 7) is 0.338. The van der Waals surface area contributed by atoms with E-state index >= 15 is 0 Å². The molecule has 0 fully saturated rings. The standard InChI is InChI=1S/C13H9ClN2O2/c14-11-8-16(13(18)5-12(11)17)7-10-3-1-9(6-15)2-4-10/h1-5,8,17H,7H2. The second-order valence-corrected chi connectivity index (χ2v) is 4.19. The average Bonchev–Trinajstić information content (AvgIpc) is 2.37. The third kappa shape index (κ3) is 2.53. The second-order valence-electron chi connectivity index (χ2n) is 3.78. The predicted octanol–water partition coefficient (Wildman–Crippen LogP) is 2.13. The van der Waals surface area contributed by atoms with E-state index in [1.165, 1.54) is 10.8 Å². The summed E-state index contributed by atoms with van der Waals surface area (Å²) in [5.41, 5.74) is 1.11. The van der Waals surface area contributed by atoms with Crippen molar-refractivity contribution >= 4 is 11.6 Å². The van der Waals surface area contributed by atoms with Crippen molar-refractivity contribution in [2.75, 3.05) is 0 Å². The van der Waals surface area contributed by atoms with Crippen LogP contribution in [0.2, 0.25) is 5.02 Å². The molecule has 2 aromatic rings. The van der Waals surface area contributed by atoms with Crippen molar-refractivity contribution in [3.8, 4) is 11.8 Å². The largest absolute Gasteiger partial charge is 0.506 e. The fourth-order valence-electron chi connectivity index (χ4n) is 1.54. The van der Waals surface area contributed by atoms with Gasteiger partial charge in [0.2, 0.25) is 0 Å². The van der Waals surface area contributed by atoms with Crippen LogP contribution in [0.15, 0.2) is 41.3 Å². The van der Waals surface area contributed by atoms with Gasteiger partial charge in [0.1, 0.15) is 5.75 Å². The molecule has 18 heavy (non-hydrogen) atoms. The Bertz CT molecular complexity index is 669. The zero-order valence-corrected chi connectivity index (χ0v) is 10.1. The lowest BCUT2D eigenvalue weighted by molar-refractivity contribution is 0.471. The molecule has 4 nitrogen and oxygen atoms in total. The molecular weight excluding hydrogens is 252 g/mol. The Balaban J connectivity index is 2.31. The zero-order valence-electron chi connectivity index (χ0n) is 9.30. The first kappa shape index (κ1) is 12.2. The van der Waals surface area contributed by atoms with Crippen molar-refractivity contribution in [1.82, 2.24) is 4.57 Å². The second kappa shape index (κ2) is 4.94. The summed E-state index contributed by atoms with van der Waals surface area (Å²) in [6.07, 6.45) is 1.39. The molecule has 1 aromatic carbocycles. The monoisotopic (exact) mass is 260 g/mol. The van der Waals surface area contributed by atoms with Gasteiger partial charge >= 0.3 is 0 Å². The van der Waals surface area contributed by atoms with E-state index in [-0.39, 0.29) is 16.3 Å². The lowest BCUT2D eigenvalue weighted by atomic mass is 10.1. The topological polar surface area (TPSA) is 66.0 Å². The summed E-state index contributed by atoms with van der Waals surface area (Å²) in [5.74, 6) is -0.224. The first-order valence-electron chi connectivity index (χ1n) is 5.18. The highest BCUT2D eigenvalue weighted by Crippen LogP contribution is 2.19. The number of benzene rings is 1. The van der Waals surface area contributed by atoms with Gasteiger partial charge in [-0.15, -0.1) is 0 Å². The van der Waals surface area contributed by atoms with Gasteiger partial charge in [0.05, 0.1) is 23.2 Å². The van der Waals surface area contributed by atoms with E-state index in [0.717, 1.165) is 11.6 Å². The molecule has 0 saturated carbocycles. The average molecular weight is 261 g/mol. The summed E-state index contributed by atoms with van der Waals surface area (Å²) >= 11 is 5.75. The third-order valence-electron chi connectivity index (χ3n) is 2.49. The van der Waals surface area contributed by atoms with Gasteiger partial charge in [-0.25, -0.2) is 0 Å². The van der Waals surface area contributed by atoms with Crippen molar-refractivity contribution in [1.29, 1.82) is 5.26 Å². The number of nitrogens with zero attached hydrogens (tertiary/aromatic N) is 2. The van der Waals surface area contributed by atoms with Crippen molar-refractivity contribution in [3.05, 3.63) is 63.0 Å². The Kier molecular flexibility index (Phi) is 3.35. The van der Waals surface area contributed by atoms with Gasteiger partial charge in [0.15, 0.2) is 0 Å². The molecule has 0 atom stereocenters. The number of halogens is 1. The minimum absolute atomic E-state index is 0.128. The molecule has 1 aromatic heterocycles. The Morgan fingerprint density at radius 2 is 2.00 bits per heavy atom. The molecule has 2 rings (SSSR count). The van der Waals surface area contributed by atoms with Crippen LogP contribution in [0, 0.1) is 11.3 Å². The summed E-state index contributed by atoms with van der Waals surface area (Å²) in [7, 11) is 0. The van der Waals surface area contributed by atoms with Gasteiger partial charge in [-0.2, -0.15) is 5.26 Å². The number of rotatable bonds is 2. The molecule has 0 saturated heterocycles. The molecule has 0 spiro atoms. The first-order chi connectivity index (χ1) is 8.60. The van der Waals surface area contributed by atoms with E-state index in [0.29, 0.717) is 12.1 Å². The summed E-state index contributed by atoms with van der Waals surface area (Å²) in [5, 5.41) is 18.1. The van der Waals surface area contributed by atoms with Crippen LogP contribution in [0.25, 0.3) is 0 Å². The van der Waals surface area contributed by atoms with Crippen LogP contribution in [-0.2, 0) is 6.54 Å². The number of aromatic nitrogens is 1. The number of nitriles is 1. The van der Waals surface area contributed by atoms with Crippen LogP contribution < -0.4 is 5.56 Å². The fourth-order valence-corrected chi connectivity index (χ4v) is 1.71. The van der Waals surface area contributed by atoms with Crippen LogP contribution in [0.1, 0.15) is 11.1 Å². The van der Waals surface area contributed by atoms with Gasteiger partial charge in [-0.1, -0.05) is 23.7 Å². The summed E-state index contributed by atoms with van der Waals surface area (Å²) in [6, 6.07) is 10.0. The molecule has 90 valence electrons. The van der Waals surface area contributed by atoms with Crippen molar-refractivity contribution in [3.63, 3.8) is 0 Å². The maximum atomic E-state index is 11.6. The molecule has 1 N–H and O–H groups in total. The zero-order chi connectivity index (χ0) is 13.1. The Labute approximate surface area is 108 Å². The molecule has 0 aliphatic heterocycles. The van der Waals surface area contributed by atoms with Crippen LogP contribution in [0.4, 0.5) is 0 Å². The predicted molar refractivity (Wildman–Crippen MR) is 67.6 cm³/mol. The van der Waals surface area contributed by atoms with Crippen LogP contribution >= 0.6 is 11.6 Å². The van der Waals surface area contributed by atoms with E-state index in [1.54, 1.807) is 24.3 Å². The minimum atomic E-state index is -0.332. The van der Waals surface area contributed by atoms with Gasteiger partial charge in [0, 0.05) is 12.3 Å². The fraction of sp³-hybridized carbons (Fsp3) is 0.0769. The van der Waals surface area contributed by atoms with Gasteiger partial charge in [-0.3, -0.25) is 4.79 Å². The summed E-state index contributed by atoms with van der Waals surface area (Å²) in [4.78, 5) is 11.6. The Morgan fingerprint density at radius 1 is 1.33 bits per heavy atom. The highest BCUT2D eigenvalue weighted by molar-refractivity contribution is 6.31. The number of hydrogen-bond donors (Lipinski definition) is 1. The number of pyridine rings is 1. The quantitative estimate of drug-likeness (QED) is 0.899. The van der Waals surface area contributed by atoms with Crippen molar-refractivity contribution < 1.29 is 5.11 Å². The molecule has 0 bridgehead atoms. The molecule has 0 aliphatic rings. The van der Waals surface area contributed by atoms with E-state index < -0.39 is 0 Å². The highest BCUT2D eigenvalue weighted by atomic mass is 35.5. The van der Waals surface area contributed by atoms with Crippen molar-refractivity contribution in [2.24, 2.45) is 0 Å².